The summed E-state index contributed by atoms with van der Waals surface area (Å²) in [5, 5.41) is 0. The van der Waals surface area contributed by atoms with Crippen LogP contribution in [0.15, 0.2) is 61.1 Å². The number of benzene rings is 1. The van der Waals surface area contributed by atoms with Crippen molar-refractivity contribution >= 4 is 11.0 Å². The molecule has 3 heterocycles. The summed E-state index contributed by atoms with van der Waals surface area (Å²) in [4.78, 5) is 13.2. The van der Waals surface area contributed by atoms with Crippen molar-refractivity contribution in [1.29, 1.82) is 0 Å². The molecule has 25 heavy (non-hydrogen) atoms. The van der Waals surface area contributed by atoms with E-state index in [2.05, 4.69) is 15.0 Å². The van der Waals surface area contributed by atoms with Gasteiger partial charge in [-0.1, -0.05) is 6.07 Å². The van der Waals surface area contributed by atoms with Gasteiger partial charge in [-0.15, -0.1) is 0 Å². The smallest absolute Gasteiger partial charge is 0.131 e. The molecule has 4 aromatic rings. The van der Waals surface area contributed by atoms with Crippen LogP contribution in [0.5, 0.6) is 0 Å². The lowest BCUT2D eigenvalue weighted by atomic mass is 10.2. The summed E-state index contributed by atoms with van der Waals surface area (Å²) in [6, 6.07) is 11.9. The lowest BCUT2D eigenvalue weighted by molar-refractivity contribution is 0.629. The van der Waals surface area contributed by atoms with Crippen molar-refractivity contribution in [2.24, 2.45) is 5.73 Å². The highest BCUT2D eigenvalue weighted by Crippen LogP contribution is 2.27. The Morgan fingerprint density at radius 2 is 2.00 bits per heavy atom. The van der Waals surface area contributed by atoms with E-state index in [1.165, 1.54) is 12.1 Å². The highest BCUT2D eigenvalue weighted by Gasteiger charge is 2.17. The van der Waals surface area contributed by atoms with Gasteiger partial charge < -0.3 is 5.73 Å². The molecular weight excluding hydrogens is 317 g/mol. The number of rotatable bonds is 3. The Labute approximate surface area is 144 Å². The van der Waals surface area contributed by atoms with Crippen molar-refractivity contribution in [2.45, 2.75) is 13.0 Å². The Balaban J connectivity index is 1.95. The largest absolute Gasteiger partial charge is 0.322 e. The molecule has 0 fully saturated rings. The third kappa shape index (κ3) is 2.77. The van der Waals surface area contributed by atoms with E-state index in [0.717, 1.165) is 16.9 Å². The van der Waals surface area contributed by atoms with Crippen LogP contribution in [0.25, 0.3) is 28.0 Å². The van der Waals surface area contributed by atoms with Gasteiger partial charge in [0.2, 0.25) is 0 Å². The minimum atomic E-state index is -0.321. The van der Waals surface area contributed by atoms with Gasteiger partial charge in [0.25, 0.3) is 0 Å². The van der Waals surface area contributed by atoms with Gasteiger partial charge in [0, 0.05) is 24.0 Å². The summed E-state index contributed by atoms with van der Waals surface area (Å²) < 4.78 is 15.6. The normalized spacial score (nSPS) is 12.4. The molecule has 0 bridgehead atoms. The average molecular weight is 333 g/mol. The van der Waals surface area contributed by atoms with E-state index in [1.54, 1.807) is 24.7 Å². The van der Waals surface area contributed by atoms with Gasteiger partial charge in [0.05, 0.1) is 34.7 Å². The molecule has 0 amide bonds. The van der Waals surface area contributed by atoms with Gasteiger partial charge in [-0.05, 0) is 37.3 Å². The van der Waals surface area contributed by atoms with Gasteiger partial charge in [0.15, 0.2) is 0 Å². The fourth-order valence-corrected chi connectivity index (χ4v) is 2.87. The van der Waals surface area contributed by atoms with Crippen LogP contribution in [0.4, 0.5) is 4.39 Å². The molecule has 1 unspecified atom stereocenters. The molecule has 6 heteroatoms. The molecule has 5 nitrogen and oxygen atoms in total. The Bertz CT molecular complexity index is 1040. The molecule has 4 rings (SSSR count). The number of imidazole rings is 1. The maximum absolute atomic E-state index is 13.8. The van der Waals surface area contributed by atoms with Crippen LogP contribution in [0.3, 0.4) is 0 Å². The van der Waals surface area contributed by atoms with Crippen LogP contribution in [-0.4, -0.2) is 19.5 Å². The first kappa shape index (κ1) is 15.4. The molecule has 0 saturated heterocycles. The van der Waals surface area contributed by atoms with Crippen molar-refractivity contribution in [3.8, 4) is 16.9 Å². The molecule has 1 atom stereocenters. The number of hydrogen-bond acceptors (Lipinski definition) is 4. The third-order valence-electron chi connectivity index (χ3n) is 3.99. The van der Waals surface area contributed by atoms with E-state index in [9.17, 15) is 4.39 Å². The van der Waals surface area contributed by atoms with E-state index in [4.69, 9.17) is 5.73 Å². The lowest BCUT2D eigenvalue weighted by Gasteiger charge is -2.12. The summed E-state index contributed by atoms with van der Waals surface area (Å²) in [6.07, 6.45) is 5.19. The van der Waals surface area contributed by atoms with Crippen LogP contribution < -0.4 is 5.73 Å². The van der Waals surface area contributed by atoms with Crippen molar-refractivity contribution < 1.29 is 4.39 Å². The number of fused-ring (bicyclic) bond motifs is 1. The average Bonchev–Trinajstić information content (AvgIpc) is 3.01. The summed E-state index contributed by atoms with van der Waals surface area (Å²) >= 11 is 0. The van der Waals surface area contributed by atoms with Crippen molar-refractivity contribution in [1.82, 2.24) is 19.5 Å². The molecule has 0 saturated carbocycles. The number of nitrogens with two attached hydrogens (primary N) is 1. The Kier molecular flexibility index (Phi) is 3.74. The van der Waals surface area contributed by atoms with Crippen molar-refractivity contribution in [3.05, 3.63) is 72.7 Å². The minimum Gasteiger partial charge on any atom is -0.322 e. The van der Waals surface area contributed by atoms with Crippen LogP contribution in [0.1, 0.15) is 18.8 Å². The molecule has 0 radical (unpaired) electrons. The van der Waals surface area contributed by atoms with E-state index in [1.807, 2.05) is 35.8 Å². The van der Waals surface area contributed by atoms with E-state index in [0.29, 0.717) is 16.9 Å². The molecule has 124 valence electrons. The standard InChI is InChI=1S/C19H16FN5/c1-12(21)19-24-17-6-5-14(20)9-18(17)25(19)15-8-13(10-22-11-15)16-4-2-3-7-23-16/h2-12H,21H2,1H3. The second-order valence-corrected chi connectivity index (χ2v) is 5.87. The second-order valence-electron chi connectivity index (χ2n) is 5.87. The summed E-state index contributed by atoms with van der Waals surface area (Å²) in [6.45, 7) is 1.85. The van der Waals surface area contributed by atoms with Crippen LogP contribution in [0.2, 0.25) is 0 Å². The van der Waals surface area contributed by atoms with Crippen molar-refractivity contribution in [3.63, 3.8) is 0 Å². The van der Waals surface area contributed by atoms with E-state index >= 15 is 0 Å². The highest BCUT2D eigenvalue weighted by atomic mass is 19.1. The van der Waals surface area contributed by atoms with Crippen LogP contribution in [-0.2, 0) is 0 Å². The Morgan fingerprint density at radius 1 is 1.12 bits per heavy atom. The maximum Gasteiger partial charge on any atom is 0.131 e. The quantitative estimate of drug-likeness (QED) is 0.621. The number of pyridine rings is 2. The van der Waals surface area contributed by atoms with Gasteiger partial charge >= 0.3 is 0 Å². The second kappa shape index (κ2) is 6.07. The number of halogens is 1. The van der Waals surface area contributed by atoms with E-state index in [-0.39, 0.29) is 11.9 Å². The third-order valence-corrected chi connectivity index (χ3v) is 3.99. The lowest BCUT2D eigenvalue weighted by Crippen LogP contribution is -2.12. The number of aromatic nitrogens is 4. The maximum atomic E-state index is 13.8. The predicted molar refractivity (Wildman–Crippen MR) is 94.7 cm³/mol. The molecule has 2 N–H and O–H groups in total. The zero-order chi connectivity index (χ0) is 17.4. The minimum absolute atomic E-state index is 0.311. The van der Waals surface area contributed by atoms with Gasteiger partial charge in [-0.2, -0.15) is 0 Å². The Hall–Kier alpha value is -3.12. The van der Waals surface area contributed by atoms with E-state index < -0.39 is 0 Å². The first-order valence-corrected chi connectivity index (χ1v) is 7.94. The van der Waals surface area contributed by atoms with Crippen molar-refractivity contribution in [2.75, 3.05) is 0 Å². The first-order valence-electron chi connectivity index (χ1n) is 7.94. The molecular formula is C19H16FN5. The SMILES string of the molecule is CC(N)c1nc2ccc(F)cc2n1-c1cncc(-c2ccccn2)c1. The molecule has 3 aromatic heterocycles. The van der Waals surface area contributed by atoms with Gasteiger partial charge in [-0.25, -0.2) is 9.37 Å². The highest BCUT2D eigenvalue weighted by molar-refractivity contribution is 5.79. The number of hydrogen-bond donors (Lipinski definition) is 1. The van der Waals surface area contributed by atoms with Gasteiger partial charge in [-0.3, -0.25) is 14.5 Å². The zero-order valence-corrected chi connectivity index (χ0v) is 13.6. The zero-order valence-electron chi connectivity index (χ0n) is 13.6. The fraction of sp³-hybridized carbons (Fsp3) is 0.105. The van der Waals surface area contributed by atoms with Crippen LogP contribution >= 0.6 is 0 Å². The molecule has 0 spiro atoms. The molecule has 1 aromatic carbocycles. The molecule has 0 aliphatic rings. The molecule has 0 aliphatic heterocycles. The predicted octanol–water partition coefficient (Wildman–Crippen LogP) is 3.64. The summed E-state index contributed by atoms with van der Waals surface area (Å²) in [5.41, 5.74) is 9.89. The topological polar surface area (TPSA) is 69.6 Å². The summed E-state index contributed by atoms with van der Waals surface area (Å²) in [7, 11) is 0. The van der Waals surface area contributed by atoms with Gasteiger partial charge in [0.1, 0.15) is 11.6 Å². The van der Waals surface area contributed by atoms with Crippen LogP contribution in [0, 0.1) is 5.82 Å². The fourth-order valence-electron chi connectivity index (χ4n) is 2.87. The summed E-state index contributed by atoms with van der Waals surface area (Å²) in [5.74, 6) is 0.333. The monoisotopic (exact) mass is 333 g/mol. The Morgan fingerprint density at radius 3 is 2.76 bits per heavy atom. The number of nitrogens with zero attached hydrogens (tertiary/aromatic N) is 4. The molecule has 0 aliphatic carbocycles. The first-order chi connectivity index (χ1) is 12.1.